The highest BCUT2D eigenvalue weighted by Crippen LogP contribution is 2.26. The first kappa shape index (κ1) is 11.6. The van der Waals surface area contributed by atoms with Crippen LogP contribution in [0.3, 0.4) is 0 Å². The van der Waals surface area contributed by atoms with Crippen molar-refractivity contribution in [3.63, 3.8) is 0 Å². The van der Waals surface area contributed by atoms with Crippen molar-refractivity contribution >= 4 is 0 Å². The molecule has 1 aromatic carbocycles. The molecule has 0 aliphatic heterocycles. The Morgan fingerprint density at radius 2 is 1.79 bits per heavy atom. The lowest BCUT2D eigenvalue weighted by Gasteiger charge is -2.06. The van der Waals surface area contributed by atoms with Crippen molar-refractivity contribution in [1.82, 2.24) is 24.5 Å². The Balaban J connectivity index is 2.21. The minimum absolute atomic E-state index is 0.828. The van der Waals surface area contributed by atoms with Crippen molar-refractivity contribution in [2.45, 2.75) is 13.8 Å². The smallest absolute Gasteiger partial charge is 0.172 e. The second-order valence-corrected chi connectivity index (χ2v) is 4.53. The van der Waals surface area contributed by atoms with Gasteiger partial charge in [0, 0.05) is 18.4 Å². The molecule has 0 fully saturated rings. The molecule has 3 rings (SSSR count). The Hall–Kier alpha value is -2.43. The molecule has 0 aliphatic rings. The van der Waals surface area contributed by atoms with Crippen LogP contribution in [-0.2, 0) is 7.05 Å². The predicted molar refractivity (Wildman–Crippen MR) is 73.0 cm³/mol. The van der Waals surface area contributed by atoms with Crippen LogP contribution in [0.4, 0.5) is 0 Å². The van der Waals surface area contributed by atoms with E-state index in [-0.39, 0.29) is 0 Å². The maximum Gasteiger partial charge on any atom is 0.172 e. The molecule has 2 aromatic heterocycles. The van der Waals surface area contributed by atoms with Crippen molar-refractivity contribution in [3.05, 3.63) is 48.0 Å². The summed E-state index contributed by atoms with van der Waals surface area (Å²) in [6, 6.07) is 10.1. The average molecular weight is 253 g/mol. The highest BCUT2D eigenvalue weighted by molar-refractivity contribution is 5.63. The fourth-order valence-corrected chi connectivity index (χ4v) is 2.28. The molecule has 19 heavy (non-hydrogen) atoms. The number of rotatable bonds is 2. The second kappa shape index (κ2) is 4.35. The molecule has 0 aliphatic carbocycles. The van der Waals surface area contributed by atoms with Crippen LogP contribution < -0.4 is 0 Å². The number of para-hydroxylation sites is 1. The topological polar surface area (TPSA) is 48.5 Å². The molecule has 5 heteroatoms. The van der Waals surface area contributed by atoms with Crippen LogP contribution in [0.5, 0.6) is 0 Å². The van der Waals surface area contributed by atoms with Gasteiger partial charge in [0.25, 0.3) is 0 Å². The lowest BCUT2D eigenvalue weighted by Crippen LogP contribution is -1.98. The van der Waals surface area contributed by atoms with Gasteiger partial charge in [0.15, 0.2) is 5.82 Å². The zero-order valence-corrected chi connectivity index (χ0v) is 11.2. The van der Waals surface area contributed by atoms with Crippen LogP contribution >= 0.6 is 0 Å². The molecule has 0 saturated carbocycles. The predicted octanol–water partition coefficient (Wildman–Crippen LogP) is 2.28. The summed E-state index contributed by atoms with van der Waals surface area (Å²) in [5.41, 5.74) is 4.14. The van der Waals surface area contributed by atoms with E-state index in [0.717, 1.165) is 28.5 Å². The van der Waals surface area contributed by atoms with Crippen molar-refractivity contribution in [2.75, 3.05) is 0 Å². The van der Waals surface area contributed by atoms with Crippen LogP contribution in [0.15, 0.2) is 36.7 Å². The number of benzene rings is 1. The van der Waals surface area contributed by atoms with Crippen molar-refractivity contribution in [1.29, 1.82) is 0 Å². The van der Waals surface area contributed by atoms with Crippen LogP contribution in [0, 0.1) is 13.8 Å². The highest BCUT2D eigenvalue weighted by atomic mass is 15.3. The molecule has 0 amide bonds. The van der Waals surface area contributed by atoms with Crippen molar-refractivity contribution in [2.24, 2.45) is 7.05 Å². The molecule has 5 nitrogen and oxygen atoms in total. The Bertz CT molecular complexity index is 709. The summed E-state index contributed by atoms with van der Waals surface area (Å²) in [6.07, 6.45) is 1.73. The average Bonchev–Trinajstić information content (AvgIpc) is 2.97. The summed E-state index contributed by atoms with van der Waals surface area (Å²) in [7, 11) is 1.94. The third kappa shape index (κ3) is 1.83. The van der Waals surface area contributed by atoms with E-state index in [9.17, 15) is 0 Å². The number of hydrogen-bond donors (Lipinski definition) is 0. The van der Waals surface area contributed by atoms with E-state index in [4.69, 9.17) is 0 Å². The summed E-state index contributed by atoms with van der Waals surface area (Å²) in [4.78, 5) is 0. The fraction of sp³-hybridized carbons (Fsp3) is 0.214. The molecule has 0 unspecified atom stereocenters. The monoisotopic (exact) mass is 253 g/mol. The van der Waals surface area contributed by atoms with Crippen molar-refractivity contribution in [3.8, 4) is 17.1 Å². The number of nitrogens with zero attached hydrogens (tertiary/aromatic N) is 5. The number of aryl methyl sites for hydroxylation is 2. The van der Waals surface area contributed by atoms with Gasteiger partial charge in [-0.15, -0.1) is 10.2 Å². The molecular formula is C14H15N5. The zero-order valence-electron chi connectivity index (χ0n) is 11.2. The Kier molecular flexibility index (Phi) is 2.67. The summed E-state index contributed by atoms with van der Waals surface area (Å²) < 4.78 is 3.85. The van der Waals surface area contributed by atoms with Gasteiger partial charge in [-0.1, -0.05) is 18.2 Å². The van der Waals surface area contributed by atoms with E-state index < -0.39 is 0 Å². The van der Waals surface area contributed by atoms with Gasteiger partial charge in [-0.25, -0.2) is 0 Å². The molecule has 96 valence electrons. The van der Waals surface area contributed by atoms with E-state index >= 15 is 0 Å². The van der Waals surface area contributed by atoms with Crippen LogP contribution in [0.25, 0.3) is 17.1 Å². The van der Waals surface area contributed by atoms with Gasteiger partial charge in [0.1, 0.15) is 6.33 Å². The van der Waals surface area contributed by atoms with E-state index in [2.05, 4.69) is 15.3 Å². The van der Waals surface area contributed by atoms with E-state index in [1.165, 1.54) is 0 Å². The molecule has 0 spiro atoms. The van der Waals surface area contributed by atoms with Gasteiger partial charge in [-0.3, -0.25) is 9.25 Å². The zero-order chi connectivity index (χ0) is 13.4. The highest BCUT2D eigenvalue weighted by Gasteiger charge is 2.17. The molecule has 3 aromatic rings. The summed E-state index contributed by atoms with van der Waals surface area (Å²) in [5, 5.41) is 12.7. The minimum Gasteiger partial charge on any atom is -0.282 e. The Morgan fingerprint density at radius 1 is 1.05 bits per heavy atom. The van der Waals surface area contributed by atoms with Gasteiger partial charge in [-0.2, -0.15) is 5.10 Å². The largest absolute Gasteiger partial charge is 0.282 e. The van der Waals surface area contributed by atoms with E-state index in [1.54, 1.807) is 6.33 Å². The van der Waals surface area contributed by atoms with Crippen LogP contribution in [0.1, 0.15) is 11.4 Å². The lowest BCUT2D eigenvalue weighted by atomic mass is 10.2. The maximum absolute atomic E-state index is 4.44. The van der Waals surface area contributed by atoms with Gasteiger partial charge in [0.05, 0.1) is 11.3 Å². The Labute approximate surface area is 111 Å². The normalized spacial score (nSPS) is 10.9. The van der Waals surface area contributed by atoms with Gasteiger partial charge < -0.3 is 0 Å². The molecule has 0 bridgehead atoms. The number of aromatic nitrogens is 5. The van der Waals surface area contributed by atoms with Crippen molar-refractivity contribution < 1.29 is 0 Å². The van der Waals surface area contributed by atoms with Gasteiger partial charge in [0.2, 0.25) is 0 Å². The van der Waals surface area contributed by atoms with Crippen LogP contribution in [0.2, 0.25) is 0 Å². The first-order valence-corrected chi connectivity index (χ1v) is 6.14. The van der Waals surface area contributed by atoms with Gasteiger partial charge in [-0.05, 0) is 26.0 Å². The maximum atomic E-state index is 4.44. The molecule has 0 radical (unpaired) electrons. The van der Waals surface area contributed by atoms with E-state index in [0.29, 0.717) is 0 Å². The molecule has 0 N–H and O–H groups in total. The first-order valence-electron chi connectivity index (χ1n) is 6.14. The second-order valence-electron chi connectivity index (χ2n) is 4.53. The Morgan fingerprint density at radius 3 is 2.42 bits per heavy atom. The molecule has 0 saturated heterocycles. The van der Waals surface area contributed by atoms with Crippen LogP contribution in [-0.4, -0.2) is 24.5 Å². The molecule has 2 heterocycles. The lowest BCUT2D eigenvalue weighted by molar-refractivity contribution is 0.731. The SMILES string of the molecule is Cc1nn(C)c(C)c1-c1nncn1-c1ccccc1. The fourth-order valence-electron chi connectivity index (χ4n) is 2.28. The molecular weight excluding hydrogens is 238 g/mol. The quantitative estimate of drug-likeness (QED) is 0.704. The number of hydrogen-bond acceptors (Lipinski definition) is 3. The standard InChI is InChI=1S/C14H15N5/c1-10-13(11(2)18(3)17-10)14-16-15-9-19(14)12-7-5-4-6-8-12/h4-9H,1-3H3. The summed E-state index contributed by atoms with van der Waals surface area (Å²) >= 11 is 0. The first-order chi connectivity index (χ1) is 9.18. The third-order valence-electron chi connectivity index (χ3n) is 3.31. The van der Waals surface area contributed by atoms with Gasteiger partial charge >= 0.3 is 0 Å². The summed E-state index contributed by atoms with van der Waals surface area (Å²) in [6.45, 7) is 4.03. The van der Waals surface area contributed by atoms with E-state index in [1.807, 2.05) is 60.5 Å². The summed E-state index contributed by atoms with van der Waals surface area (Å²) in [5.74, 6) is 0.828. The third-order valence-corrected chi connectivity index (χ3v) is 3.31. The minimum atomic E-state index is 0.828. The molecule has 0 atom stereocenters.